The first kappa shape index (κ1) is 21.4. The Labute approximate surface area is 171 Å². The number of alkyl halides is 3. The van der Waals surface area contributed by atoms with Crippen molar-refractivity contribution in [3.05, 3.63) is 89.0 Å². The fourth-order valence-corrected chi connectivity index (χ4v) is 2.94. The molecule has 0 spiro atoms. The summed E-state index contributed by atoms with van der Waals surface area (Å²) < 4.78 is 72.1. The molecule has 0 saturated heterocycles. The zero-order chi connectivity index (χ0) is 21.7. The molecule has 0 heterocycles. The monoisotopic (exact) mass is 416 g/mol. The minimum Gasteiger partial charge on any atom is -0.401 e. The van der Waals surface area contributed by atoms with Crippen LogP contribution in [0.1, 0.15) is 30.0 Å². The van der Waals surface area contributed by atoms with Crippen molar-refractivity contribution in [1.29, 1.82) is 0 Å². The van der Waals surface area contributed by atoms with E-state index in [1.54, 1.807) is 30.3 Å². The lowest BCUT2D eigenvalue weighted by molar-refractivity contribution is -0.275. The van der Waals surface area contributed by atoms with Crippen molar-refractivity contribution in [3.63, 3.8) is 0 Å². The van der Waals surface area contributed by atoms with E-state index in [2.05, 4.69) is 16.6 Å². The predicted octanol–water partition coefficient (Wildman–Crippen LogP) is 6.88. The van der Waals surface area contributed by atoms with Crippen LogP contribution >= 0.6 is 0 Å². The van der Waals surface area contributed by atoms with Crippen LogP contribution in [-0.4, -0.2) is 6.36 Å². The highest BCUT2D eigenvalue weighted by Crippen LogP contribution is 2.37. The van der Waals surface area contributed by atoms with E-state index in [9.17, 15) is 22.0 Å². The predicted molar refractivity (Wildman–Crippen MR) is 105 cm³/mol. The van der Waals surface area contributed by atoms with Gasteiger partial charge in [0.1, 0.15) is 11.4 Å². The van der Waals surface area contributed by atoms with Gasteiger partial charge >= 0.3 is 6.36 Å². The molecule has 3 rings (SSSR count). The Morgan fingerprint density at radius 2 is 1.57 bits per heavy atom. The van der Waals surface area contributed by atoms with Crippen LogP contribution in [0.3, 0.4) is 0 Å². The third kappa shape index (κ3) is 5.18. The Morgan fingerprint density at radius 3 is 2.17 bits per heavy atom. The highest BCUT2D eigenvalue weighted by atomic mass is 19.4. The van der Waals surface area contributed by atoms with Gasteiger partial charge in [0.25, 0.3) is 0 Å². The number of hydrogen-bond donors (Lipinski definition) is 0. The maximum atomic E-state index is 14.9. The molecule has 0 atom stereocenters. The quantitative estimate of drug-likeness (QED) is 0.333. The maximum absolute atomic E-state index is 14.9. The van der Waals surface area contributed by atoms with Gasteiger partial charge in [0.2, 0.25) is 0 Å². The average molecular weight is 416 g/mol. The Balaban J connectivity index is 2.09. The molecule has 0 aliphatic carbocycles. The maximum Gasteiger partial charge on any atom is 0.573 e. The Bertz CT molecular complexity index is 1080. The zero-order valence-electron chi connectivity index (χ0n) is 16.0. The van der Waals surface area contributed by atoms with E-state index in [1.165, 1.54) is 12.1 Å². The summed E-state index contributed by atoms with van der Waals surface area (Å²) in [5.41, 5.74) is 0.615. The molecule has 30 heavy (non-hydrogen) atoms. The fraction of sp³-hybridized carbons (Fsp3) is 0.167. The molecule has 0 aliphatic heterocycles. The lowest BCUT2D eigenvalue weighted by Gasteiger charge is -2.15. The second kappa shape index (κ2) is 9.00. The summed E-state index contributed by atoms with van der Waals surface area (Å²) in [6, 6.07) is 15.5. The molecule has 0 fully saturated rings. The first-order chi connectivity index (χ1) is 14.3. The minimum absolute atomic E-state index is 0.215. The summed E-state index contributed by atoms with van der Waals surface area (Å²) in [4.78, 5) is 0. The molecule has 154 valence electrons. The summed E-state index contributed by atoms with van der Waals surface area (Å²) in [6.07, 6.45) is -3.37. The molecule has 0 N–H and O–H groups in total. The standard InChI is InChI=1S/C24H17F5O/c1-2-6-16-9-11-17(12-10-16)13-14-19-21(25)15-20(18-7-4-3-5-8-18)22(26)23(19)30-24(27,28)29/h3-5,7-12,15H,2,6H2,1H3. The molecule has 0 saturated carbocycles. The Hall–Kier alpha value is -3.33. The van der Waals surface area contributed by atoms with Crippen LogP contribution in [0.4, 0.5) is 22.0 Å². The lowest BCUT2D eigenvalue weighted by atomic mass is 10.0. The van der Waals surface area contributed by atoms with Crippen molar-refractivity contribution in [2.75, 3.05) is 0 Å². The van der Waals surface area contributed by atoms with Crippen molar-refractivity contribution < 1.29 is 26.7 Å². The van der Waals surface area contributed by atoms with E-state index in [4.69, 9.17) is 0 Å². The summed E-state index contributed by atoms with van der Waals surface area (Å²) in [7, 11) is 0. The number of halogens is 5. The number of benzene rings is 3. The molecule has 6 heteroatoms. The van der Waals surface area contributed by atoms with Crippen molar-refractivity contribution in [2.24, 2.45) is 0 Å². The van der Waals surface area contributed by atoms with Gasteiger partial charge in [0.15, 0.2) is 11.6 Å². The second-order valence-corrected chi connectivity index (χ2v) is 6.53. The SMILES string of the molecule is CCCc1ccc(C#Cc2c(F)cc(-c3ccccc3)c(F)c2OC(F)(F)F)cc1. The van der Waals surface area contributed by atoms with Gasteiger partial charge < -0.3 is 4.74 Å². The van der Waals surface area contributed by atoms with Gasteiger partial charge in [-0.15, -0.1) is 13.2 Å². The molecule has 3 aromatic carbocycles. The van der Waals surface area contributed by atoms with Crippen molar-refractivity contribution in [1.82, 2.24) is 0 Å². The third-order valence-corrected chi connectivity index (χ3v) is 4.30. The largest absolute Gasteiger partial charge is 0.573 e. The molecule has 3 aromatic rings. The first-order valence-electron chi connectivity index (χ1n) is 9.22. The zero-order valence-corrected chi connectivity index (χ0v) is 16.0. The molecule has 0 aliphatic rings. The van der Waals surface area contributed by atoms with E-state index in [0.717, 1.165) is 24.5 Å². The van der Waals surface area contributed by atoms with Crippen LogP contribution in [-0.2, 0) is 6.42 Å². The molecule has 0 radical (unpaired) electrons. The van der Waals surface area contributed by atoms with E-state index < -0.39 is 29.3 Å². The van der Waals surface area contributed by atoms with E-state index in [1.807, 2.05) is 19.1 Å². The van der Waals surface area contributed by atoms with Gasteiger partial charge in [-0.3, -0.25) is 0 Å². The summed E-state index contributed by atoms with van der Waals surface area (Å²) in [5, 5.41) is 0. The van der Waals surface area contributed by atoms with Gasteiger partial charge in [-0.2, -0.15) is 0 Å². The highest BCUT2D eigenvalue weighted by molar-refractivity contribution is 5.69. The molecule has 0 amide bonds. The van der Waals surface area contributed by atoms with Crippen LogP contribution in [0, 0.1) is 23.5 Å². The normalized spacial score (nSPS) is 11.0. The van der Waals surface area contributed by atoms with Gasteiger partial charge in [0.05, 0.1) is 0 Å². The van der Waals surface area contributed by atoms with Crippen LogP contribution in [0.15, 0.2) is 60.7 Å². The Morgan fingerprint density at radius 1 is 0.900 bits per heavy atom. The van der Waals surface area contributed by atoms with Gasteiger partial charge in [-0.25, -0.2) is 8.78 Å². The van der Waals surface area contributed by atoms with Gasteiger partial charge in [-0.05, 0) is 35.7 Å². The van der Waals surface area contributed by atoms with E-state index in [0.29, 0.717) is 5.56 Å². The summed E-state index contributed by atoms with van der Waals surface area (Å²) >= 11 is 0. The molecule has 0 unspecified atom stereocenters. The average Bonchev–Trinajstić information content (AvgIpc) is 2.71. The van der Waals surface area contributed by atoms with Crippen molar-refractivity contribution in [3.8, 4) is 28.7 Å². The van der Waals surface area contributed by atoms with Crippen LogP contribution in [0.25, 0.3) is 11.1 Å². The fourth-order valence-electron chi connectivity index (χ4n) is 2.94. The van der Waals surface area contributed by atoms with Crippen molar-refractivity contribution >= 4 is 0 Å². The van der Waals surface area contributed by atoms with Crippen LogP contribution < -0.4 is 4.74 Å². The topological polar surface area (TPSA) is 9.23 Å². The molecule has 0 aromatic heterocycles. The number of aryl methyl sites for hydroxylation is 1. The van der Waals surface area contributed by atoms with E-state index in [-0.39, 0.29) is 11.1 Å². The smallest absolute Gasteiger partial charge is 0.401 e. The first-order valence-corrected chi connectivity index (χ1v) is 9.22. The van der Waals surface area contributed by atoms with Crippen LogP contribution in [0.2, 0.25) is 0 Å². The molecule has 0 bridgehead atoms. The van der Waals surface area contributed by atoms with Gasteiger partial charge in [-0.1, -0.05) is 67.6 Å². The Kier molecular flexibility index (Phi) is 6.41. The number of ether oxygens (including phenoxy) is 1. The lowest BCUT2D eigenvalue weighted by Crippen LogP contribution is -2.19. The molecular weight excluding hydrogens is 399 g/mol. The van der Waals surface area contributed by atoms with Crippen LogP contribution in [0.5, 0.6) is 5.75 Å². The highest BCUT2D eigenvalue weighted by Gasteiger charge is 2.35. The number of hydrogen-bond acceptors (Lipinski definition) is 1. The van der Waals surface area contributed by atoms with Crippen molar-refractivity contribution in [2.45, 2.75) is 26.1 Å². The summed E-state index contributed by atoms with van der Waals surface area (Å²) in [6.45, 7) is 2.03. The van der Waals surface area contributed by atoms with Gasteiger partial charge in [0, 0.05) is 11.1 Å². The van der Waals surface area contributed by atoms with E-state index >= 15 is 0 Å². The summed E-state index contributed by atoms with van der Waals surface area (Å²) in [5.74, 6) is 1.16. The third-order valence-electron chi connectivity index (χ3n) is 4.30. The molecular formula is C24H17F5O. The minimum atomic E-state index is -5.21. The number of rotatable bonds is 4. The molecule has 1 nitrogen and oxygen atoms in total. The second-order valence-electron chi connectivity index (χ2n) is 6.53.